The third-order valence-electron chi connectivity index (χ3n) is 4.75. The Morgan fingerprint density at radius 1 is 1.12 bits per heavy atom. The van der Waals surface area contributed by atoms with Crippen molar-refractivity contribution in [2.75, 3.05) is 12.4 Å². The Morgan fingerprint density at radius 2 is 1.94 bits per heavy atom. The summed E-state index contributed by atoms with van der Waals surface area (Å²) >= 11 is 0. The number of ketones is 1. The molecule has 0 aromatic carbocycles. The maximum Gasteiger partial charge on any atom is 0.224 e. The van der Waals surface area contributed by atoms with Gasteiger partial charge >= 0.3 is 0 Å². The molecule has 0 aliphatic heterocycles. The highest BCUT2D eigenvalue weighted by Gasteiger charge is 2.23. The second-order valence-electron chi connectivity index (χ2n) is 8.38. The number of hydrogen-bond acceptors (Lipinski definition) is 7. The Bertz CT molecular complexity index is 1280. The molecule has 4 aromatic heterocycles. The van der Waals surface area contributed by atoms with Crippen molar-refractivity contribution in [3.05, 3.63) is 71.3 Å². The number of ether oxygens (including phenoxy) is 1. The summed E-state index contributed by atoms with van der Waals surface area (Å²) in [4.78, 5) is 32.8. The van der Waals surface area contributed by atoms with Crippen LogP contribution in [0.5, 0.6) is 5.88 Å². The van der Waals surface area contributed by atoms with Crippen LogP contribution in [0.4, 0.5) is 10.2 Å². The maximum absolute atomic E-state index is 14.9. The second-order valence-corrected chi connectivity index (χ2v) is 8.38. The molecular formula is C23H23FN6O2. The first-order chi connectivity index (χ1) is 15.2. The predicted molar refractivity (Wildman–Crippen MR) is 118 cm³/mol. The number of halogens is 1. The summed E-state index contributed by atoms with van der Waals surface area (Å²) in [6, 6.07) is 6.66. The molecule has 0 unspecified atom stereocenters. The van der Waals surface area contributed by atoms with Crippen molar-refractivity contribution in [3.63, 3.8) is 0 Å². The van der Waals surface area contributed by atoms with Crippen LogP contribution in [0.2, 0.25) is 0 Å². The summed E-state index contributed by atoms with van der Waals surface area (Å²) in [5.74, 6) is -0.322. The minimum Gasteiger partial charge on any atom is -0.481 e. The van der Waals surface area contributed by atoms with E-state index in [2.05, 4.69) is 30.2 Å². The number of nitrogens with zero attached hydrogens (tertiary/aromatic N) is 4. The Labute approximate surface area is 184 Å². The van der Waals surface area contributed by atoms with Gasteiger partial charge in [0.05, 0.1) is 23.6 Å². The van der Waals surface area contributed by atoms with Crippen molar-refractivity contribution in [1.82, 2.24) is 24.9 Å². The van der Waals surface area contributed by atoms with Gasteiger partial charge in [0.25, 0.3) is 0 Å². The van der Waals surface area contributed by atoms with Crippen molar-refractivity contribution >= 4 is 22.6 Å². The van der Waals surface area contributed by atoms with Crippen LogP contribution in [-0.2, 0) is 6.42 Å². The van der Waals surface area contributed by atoms with Gasteiger partial charge in [-0.3, -0.25) is 4.79 Å². The van der Waals surface area contributed by atoms with Crippen molar-refractivity contribution in [1.29, 1.82) is 0 Å². The summed E-state index contributed by atoms with van der Waals surface area (Å²) in [5, 5.41) is 3.78. The molecule has 8 nitrogen and oxygen atoms in total. The lowest BCUT2D eigenvalue weighted by Crippen LogP contribution is -2.27. The third kappa shape index (κ3) is 4.41. The highest BCUT2D eigenvalue weighted by molar-refractivity contribution is 6.18. The van der Waals surface area contributed by atoms with Crippen molar-refractivity contribution < 1.29 is 13.9 Å². The summed E-state index contributed by atoms with van der Waals surface area (Å²) in [5.41, 5.74) is 1.70. The lowest BCUT2D eigenvalue weighted by molar-refractivity contribution is 0.103. The number of aromatic nitrogens is 5. The fourth-order valence-electron chi connectivity index (χ4n) is 3.32. The quantitative estimate of drug-likeness (QED) is 0.350. The highest BCUT2D eigenvalue weighted by atomic mass is 19.1. The van der Waals surface area contributed by atoms with Gasteiger partial charge in [0.2, 0.25) is 11.8 Å². The number of anilines is 1. The normalized spacial score (nSPS) is 11.5. The Morgan fingerprint density at radius 3 is 2.59 bits per heavy atom. The molecule has 164 valence electrons. The Balaban J connectivity index is 1.64. The van der Waals surface area contributed by atoms with E-state index in [-0.39, 0.29) is 16.7 Å². The minimum atomic E-state index is -0.828. The van der Waals surface area contributed by atoms with Crippen LogP contribution in [-0.4, -0.2) is 43.4 Å². The van der Waals surface area contributed by atoms with Gasteiger partial charge in [-0.05, 0) is 38.5 Å². The molecule has 2 N–H and O–H groups in total. The van der Waals surface area contributed by atoms with Gasteiger partial charge in [-0.15, -0.1) is 0 Å². The van der Waals surface area contributed by atoms with E-state index in [1.165, 1.54) is 25.7 Å². The molecule has 4 rings (SSSR count). The first-order valence-corrected chi connectivity index (χ1v) is 10.0. The molecule has 0 radical (unpaired) electrons. The zero-order chi connectivity index (χ0) is 22.9. The van der Waals surface area contributed by atoms with E-state index >= 15 is 0 Å². The smallest absolute Gasteiger partial charge is 0.224 e. The minimum absolute atomic E-state index is 0.118. The molecule has 0 fully saturated rings. The predicted octanol–water partition coefficient (Wildman–Crippen LogP) is 3.93. The lowest BCUT2D eigenvalue weighted by atomic mass is 10.0. The number of nitrogens with one attached hydrogen (secondary N) is 2. The third-order valence-corrected chi connectivity index (χ3v) is 4.75. The maximum atomic E-state index is 14.9. The standard InChI is InChI=1S/C23H23FN6O2/c1-23(2,3)30-22-18-16(11-26-21(18)27-12-28-22)19(31)15-7-6-14(29-20(15)24)9-13-5-8-17(32-4)25-10-13/h5-8,10-12H,9H2,1-4H3,(H2,26,27,28,30). The van der Waals surface area contributed by atoms with E-state index in [1.54, 1.807) is 18.3 Å². The number of fused-ring (bicyclic) bond motifs is 1. The molecule has 0 spiro atoms. The highest BCUT2D eigenvalue weighted by Crippen LogP contribution is 2.28. The van der Waals surface area contributed by atoms with E-state index in [0.717, 1.165) is 5.56 Å². The van der Waals surface area contributed by atoms with Crippen LogP contribution in [0.15, 0.2) is 43.0 Å². The number of hydrogen-bond donors (Lipinski definition) is 2. The topological polar surface area (TPSA) is 106 Å². The van der Waals surface area contributed by atoms with Crippen molar-refractivity contribution in [3.8, 4) is 5.88 Å². The average molecular weight is 434 g/mol. The average Bonchev–Trinajstić information content (AvgIpc) is 3.18. The largest absolute Gasteiger partial charge is 0.481 e. The van der Waals surface area contributed by atoms with Gasteiger partial charge in [-0.2, -0.15) is 4.39 Å². The van der Waals surface area contributed by atoms with Crippen LogP contribution in [0.3, 0.4) is 0 Å². The summed E-state index contributed by atoms with van der Waals surface area (Å²) in [6.45, 7) is 5.95. The fourth-order valence-corrected chi connectivity index (χ4v) is 3.32. The first-order valence-electron chi connectivity index (χ1n) is 10.0. The van der Waals surface area contributed by atoms with E-state index < -0.39 is 11.7 Å². The summed E-state index contributed by atoms with van der Waals surface area (Å²) < 4.78 is 19.9. The molecule has 9 heteroatoms. The molecular weight excluding hydrogens is 411 g/mol. The molecule has 0 bridgehead atoms. The number of aromatic amines is 1. The molecule has 32 heavy (non-hydrogen) atoms. The summed E-state index contributed by atoms with van der Waals surface area (Å²) in [6.07, 6.45) is 4.95. The van der Waals surface area contributed by atoms with Gasteiger partial charge < -0.3 is 15.0 Å². The summed E-state index contributed by atoms with van der Waals surface area (Å²) in [7, 11) is 1.54. The van der Waals surface area contributed by atoms with Crippen LogP contribution in [0.25, 0.3) is 11.0 Å². The second kappa shape index (κ2) is 8.33. The van der Waals surface area contributed by atoms with E-state index in [1.807, 2.05) is 26.8 Å². The molecule has 0 aliphatic rings. The molecule has 0 saturated carbocycles. The number of methoxy groups -OCH3 is 1. The Hall–Kier alpha value is -3.88. The number of pyridine rings is 2. The van der Waals surface area contributed by atoms with Gasteiger partial charge in [-0.25, -0.2) is 19.9 Å². The Kier molecular flexibility index (Phi) is 5.56. The van der Waals surface area contributed by atoms with Crippen molar-refractivity contribution in [2.24, 2.45) is 0 Å². The van der Waals surface area contributed by atoms with Crippen LogP contribution in [0, 0.1) is 5.95 Å². The van der Waals surface area contributed by atoms with Crippen LogP contribution < -0.4 is 10.1 Å². The van der Waals surface area contributed by atoms with Crippen molar-refractivity contribution in [2.45, 2.75) is 32.7 Å². The molecule has 4 aromatic rings. The zero-order valence-electron chi connectivity index (χ0n) is 18.2. The number of carbonyl (C=O) groups excluding carboxylic acids is 1. The molecule has 0 saturated heterocycles. The van der Waals surface area contributed by atoms with Gasteiger partial charge in [0.15, 0.2) is 5.78 Å². The van der Waals surface area contributed by atoms with Crippen LogP contribution in [0.1, 0.15) is 48.0 Å². The lowest BCUT2D eigenvalue weighted by Gasteiger charge is -2.21. The van der Waals surface area contributed by atoms with E-state index in [0.29, 0.717) is 34.8 Å². The monoisotopic (exact) mass is 434 g/mol. The zero-order valence-corrected chi connectivity index (χ0v) is 18.2. The van der Waals surface area contributed by atoms with Gasteiger partial charge in [0, 0.05) is 36.1 Å². The SMILES string of the molecule is COc1ccc(Cc2ccc(C(=O)c3c[nH]c4ncnc(NC(C)(C)C)c34)c(F)n2)cn1. The molecule has 0 aliphatic carbocycles. The van der Waals surface area contributed by atoms with Gasteiger partial charge in [-0.1, -0.05) is 6.07 Å². The van der Waals surface area contributed by atoms with E-state index in [4.69, 9.17) is 4.74 Å². The first kappa shape index (κ1) is 21.4. The number of H-pyrrole nitrogens is 1. The molecule has 0 amide bonds. The van der Waals surface area contributed by atoms with Crippen LogP contribution >= 0.6 is 0 Å². The van der Waals surface area contributed by atoms with Gasteiger partial charge in [0.1, 0.15) is 17.8 Å². The number of rotatable bonds is 6. The number of carbonyl (C=O) groups is 1. The van der Waals surface area contributed by atoms with E-state index in [9.17, 15) is 9.18 Å². The fraction of sp³-hybridized carbons (Fsp3) is 0.261. The molecule has 0 atom stereocenters. The molecule has 4 heterocycles.